The highest BCUT2D eigenvalue weighted by Crippen LogP contribution is 2.21. The number of aryl methyl sites for hydroxylation is 1. The lowest BCUT2D eigenvalue weighted by Gasteiger charge is -2.06. The highest BCUT2D eigenvalue weighted by atomic mass is 19.1. The summed E-state index contributed by atoms with van der Waals surface area (Å²) in [5.74, 6) is 0.393. The van der Waals surface area contributed by atoms with E-state index in [4.69, 9.17) is 0 Å². The topological polar surface area (TPSA) is 25.8 Å². The summed E-state index contributed by atoms with van der Waals surface area (Å²) in [6.07, 6.45) is 0. The number of nitrogens with zero attached hydrogens (tertiary/aromatic N) is 2. The van der Waals surface area contributed by atoms with E-state index >= 15 is 0 Å². The quantitative estimate of drug-likeness (QED) is 0.696. The molecule has 97 valence electrons. The van der Waals surface area contributed by atoms with Crippen molar-refractivity contribution >= 4 is 0 Å². The van der Waals surface area contributed by atoms with Crippen molar-refractivity contribution in [2.24, 2.45) is 0 Å². The van der Waals surface area contributed by atoms with Crippen molar-refractivity contribution in [1.29, 1.82) is 0 Å². The molecule has 0 saturated heterocycles. The molecule has 0 aliphatic rings. The molecule has 0 N–H and O–H groups in total. The Kier molecular flexibility index (Phi) is 3.25. The molecule has 0 aliphatic carbocycles. The Labute approximate surface area is 117 Å². The van der Waals surface area contributed by atoms with Crippen molar-refractivity contribution in [3.05, 3.63) is 72.2 Å². The summed E-state index contributed by atoms with van der Waals surface area (Å²) in [5, 5.41) is 0. The maximum atomic E-state index is 13.0. The van der Waals surface area contributed by atoms with Gasteiger partial charge in [-0.3, -0.25) is 0 Å². The highest BCUT2D eigenvalue weighted by molar-refractivity contribution is 5.63. The lowest BCUT2D eigenvalue weighted by molar-refractivity contribution is 0.628. The van der Waals surface area contributed by atoms with Gasteiger partial charge in [0.25, 0.3) is 0 Å². The Morgan fingerprint density at radius 2 is 1.55 bits per heavy atom. The SMILES string of the molecule is Cc1[c]c(-c2ccc(F)cc2)nc(-c2ccccc2)n1. The highest BCUT2D eigenvalue weighted by Gasteiger charge is 2.07. The van der Waals surface area contributed by atoms with Gasteiger partial charge < -0.3 is 0 Å². The molecule has 3 heteroatoms. The van der Waals surface area contributed by atoms with E-state index in [2.05, 4.69) is 16.0 Å². The Morgan fingerprint density at radius 1 is 0.850 bits per heavy atom. The third kappa shape index (κ3) is 2.57. The second-order valence-electron chi connectivity index (χ2n) is 4.48. The summed E-state index contributed by atoms with van der Waals surface area (Å²) in [6, 6.07) is 19.1. The van der Waals surface area contributed by atoms with E-state index in [1.54, 1.807) is 12.1 Å². The lowest BCUT2D eigenvalue weighted by Crippen LogP contribution is -1.95. The monoisotopic (exact) mass is 263 g/mol. The van der Waals surface area contributed by atoms with Gasteiger partial charge in [0, 0.05) is 22.9 Å². The third-order valence-corrected chi connectivity index (χ3v) is 2.94. The van der Waals surface area contributed by atoms with Crippen LogP contribution in [0, 0.1) is 18.8 Å². The standard InChI is InChI=1S/C17H12FN2/c1-12-11-16(13-7-9-15(18)10-8-13)20-17(19-12)14-5-3-2-4-6-14/h2-10H,1H3. The first-order valence-electron chi connectivity index (χ1n) is 6.32. The molecular weight excluding hydrogens is 251 g/mol. The summed E-state index contributed by atoms with van der Waals surface area (Å²) in [4.78, 5) is 8.92. The predicted molar refractivity (Wildman–Crippen MR) is 76.4 cm³/mol. The van der Waals surface area contributed by atoms with Crippen LogP contribution in [-0.2, 0) is 0 Å². The maximum absolute atomic E-state index is 13.0. The molecule has 0 aliphatic heterocycles. The van der Waals surface area contributed by atoms with Crippen molar-refractivity contribution in [3.63, 3.8) is 0 Å². The van der Waals surface area contributed by atoms with Crippen molar-refractivity contribution in [3.8, 4) is 22.6 Å². The molecule has 20 heavy (non-hydrogen) atoms. The van der Waals surface area contributed by atoms with Crippen molar-refractivity contribution < 1.29 is 4.39 Å². The van der Waals surface area contributed by atoms with Crippen LogP contribution in [0.4, 0.5) is 4.39 Å². The molecule has 0 atom stereocenters. The third-order valence-electron chi connectivity index (χ3n) is 2.94. The molecule has 0 bridgehead atoms. The maximum Gasteiger partial charge on any atom is 0.160 e. The number of benzene rings is 2. The second-order valence-corrected chi connectivity index (χ2v) is 4.48. The van der Waals surface area contributed by atoms with Crippen LogP contribution in [0.3, 0.4) is 0 Å². The van der Waals surface area contributed by atoms with Crippen LogP contribution in [0.25, 0.3) is 22.6 Å². The first-order chi connectivity index (χ1) is 9.72. The van der Waals surface area contributed by atoms with Gasteiger partial charge in [-0.2, -0.15) is 0 Å². The zero-order valence-corrected chi connectivity index (χ0v) is 11.0. The van der Waals surface area contributed by atoms with E-state index in [0.29, 0.717) is 11.5 Å². The van der Waals surface area contributed by atoms with E-state index in [1.165, 1.54) is 12.1 Å². The fraction of sp³-hybridized carbons (Fsp3) is 0.0588. The fourth-order valence-electron chi connectivity index (χ4n) is 1.98. The largest absolute Gasteiger partial charge is 0.233 e. The second kappa shape index (κ2) is 5.21. The molecule has 2 aromatic carbocycles. The zero-order valence-electron chi connectivity index (χ0n) is 11.0. The molecule has 1 aromatic heterocycles. The Morgan fingerprint density at radius 3 is 2.25 bits per heavy atom. The van der Waals surface area contributed by atoms with Gasteiger partial charge in [-0.15, -0.1) is 0 Å². The molecule has 0 saturated carbocycles. The van der Waals surface area contributed by atoms with Crippen molar-refractivity contribution in [2.45, 2.75) is 6.92 Å². The molecule has 0 spiro atoms. The van der Waals surface area contributed by atoms with Gasteiger partial charge in [0.2, 0.25) is 0 Å². The Bertz CT molecular complexity index is 722. The minimum atomic E-state index is -0.261. The average Bonchev–Trinajstić information content (AvgIpc) is 2.48. The molecule has 2 nitrogen and oxygen atoms in total. The Balaban J connectivity index is 2.09. The lowest BCUT2D eigenvalue weighted by atomic mass is 10.1. The number of rotatable bonds is 2. The van der Waals surface area contributed by atoms with E-state index in [9.17, 15) is 4.39 Å². The van der Waals surface area contributed by atoms with Gasteiger partial charge in [-0.25, -0.2) is 14.4 Å². The summed E-state index contributed by atoms with van der Waals surface area (Å²) < 4.78 is 13.0. The van der Waals surface area contributed by atoms with E-state index < -0.39 is 0 Å². The van der Waals surface area contributed by atoms with Gasteiger partial charge >= 0.3 is 0 Å². The van der Waals surface area contributed by atoms with E-state index in [0.717, 1.165) is 16.8 Å². The molecule has 0 unspecified atom stereocenters. The number of halogens is 1. The normalized spacial score (nSPS) is 10.5. The summed E-state index contributed by atoms with van der Waals surface area (Å²) in [6.45, 7) is 1.88. The van der Waals surface area contributed by atoms with Crippen LogP contribution in [0.15, 0.2) is 54.6 Å². The van der Waals surface area contributed by atoms with Crippen LogP contribution < -0.4 is 0 Å². The van der Waals surface area contributed by atoms with E-state index in [1.807, 2.05) is 37.3 Å². The molecule has 1 radical (unpaired) electrons. The molecule has 3 aromatic rings. The summed E-state index contributed by atoms with van der Waals surface area (Å²) in [5.41, 5.74) is 3.22. The van der Waals surface area contributed by atoms with Gasteiger partial charge in [-0.05, 0) is 31.2 Å². The predicted octanol–water partition coefficient (Wildman–Crippen LogP) is 4.06. The minimum absolute atomic E-state index is 0.261. The van der Waals surface area contributed by atoms with E-state index in [-0.39, 0.29) is 5.82 Å². The van der Waals surface area contributed by atoms with Crippen LogP contribution in [0.5, 0.6) is 0 Å². The van der Waals surface area contributed by atoms with Crippen LogP contribution in [-0.4, -0.2) is 9.97 Å². The molecule has 0 fully saturated rings. The molecule has 3 rings (SSSR count). The van der Waals surface area contributed by atoms with Crippen LogP contribution >= 0.6 is 0 Å². The average molecular weight is 263 g/mol. The molecular formula is C17H12FN2. The number of hydrogen-bond donors (Lipinski definition) is 0. The Hall–Kier alpha value is -2.55. The zero-order chi connectivity index (χ0) is 13.9. The number of aromatic nitrogens is 2. The van der Waals surface area contributed by atoms with Crippen LogP contribution in [0.2, 0.25) is 0 Å². The summed E-state index contributed by atoms with van der Waals surface area (Å²) >= 11 is 0. The van der Waals surface area contributed by atoms with Gasteiger partial charge in [-0.1, -0.05) is 30.3 Å². The van der Waals surface area contributed by atoms with Gasteiger partial charge in [0.1, 0.15) is 5.82 Å². The first-order valence-corrected chi connectivity index (χ1v) is 6.32. The fourth-order valence-corrected chi connectivity index (χ4v) is 1.98. The van der Waals surface area contributed by atoms with Crippen LogP contribution in [0.1, 0.15) is 5.69 Å². The summed E-state index contributed by atoms with van der Waals surface area (Å²) in [7, 11) is 0. The van der Waals surface area contributed by atoms with Crippen molar-refractivity contribution in [2.75, 3.05) is 0 Å². The minimum Gasteiger partial charge on any atom is -0.233 e. The first kappa shape index (κ1) is 12.5. The smallest absolute Gasteiger partial charge is 0.160 e. The van der Waals surface area contributed by atoms with Crippen molar-refractivity contribution in [1.82, 2.24) is 9.97 Å². The molecule has 1 heterocycles. The molecule has 0 amide bonds. The van der Waals surface area contributed by atoms with Gasteiger partial charge in [0.05, 0.1) is 5.69 Å². The van der Waals surface area contributed by atoms with Gasteiger partial charge in [0.15, 0.2) is 5.82 Å². The number of hydrogen-bond acceptors (Lipinski definition) is 2.